The van der Waals surface area contributed by atoms with Gasteiger partial charge in [0, 0.05) is 58.6 Å². The highest BCUT2D eigenvalue weighted by Crippen LogP contribution is 2.19. The number of carbonyl (C=O) groups is 1. The Bertz CT molecular complexity index is 558. The van der Waals surface area contributed by atoms with Gasteiger partial charge in [-0.15, -0.1) is 0 Å². The van der Waals surface area contributed by atoms with Crippen LogP contribution in [0, 0.1) is 0 Å². The van der Waals surface area contributed by atoms with Gasteiger partial charge in [-0.05, 0) is 25.3 Å². The summed E-state index contributed by atoms with van der Waals surface area (Å²) in [7, 11) is 4.02. The Kier molecular flexibility index (Phi) is 5.68. The predicted molar refractivity (Wildman–Crippen MR) is 94.0 cm³/mol. The average Bonchev–Trinajstić information content (AvgIpc) is 2.62. The Morgan fingerprint density at radius 1 is 1.29 bits per heavy atom. The van der Waals surface area contributed by atoms with E-state index < -0.39 is 0 Å². The molecule has 0 aliphatic carbocycles. The average molecular weight is 332 g/mol. The summed E-state index contributed by atoms with van der Waals surface area (Å²) >= 11 is 0. The van der Waals surface area contributed by atoms with Crippen LogP contribution in [0.1, 0.15) is 24.8 Å². The SMILES string of the molecule is CN(C)c1ncccc1CN1CCOC(C(=O)N2CCCCC2)C1. The number of hydrogen-bond donors (Lipinski definition) is 0. The van der Waals surface area contributed by atoms with Crippen LogP contribution in [-0.2, 0) is 16.1 Å². The zero-order valence-electron chi connectivity index (χ0n) is 14.8. The Labute approximate surface area is 144 Å². The third kappa shape index (κ3) is 4.05. The molecule has 1 aromatic rings. The van der Waals surface area contributed by atoms with Crippen LogP contribution < -0.4 is 4.90 Å². The third-order valence-corrected chi connectivity index (χ3v) is 4.78. The molecule has 3 rings (SSSR count). The number of morpholine rings is 1. The van der Waals surface area contributed by atoms with Crippen LogP contribution in [0.4, 0.5) is 5.82 Å². The molecule has 3 heterocycles. The molecule has 24 heavy (non-hydrogen) atoms. The van der Waals surface area contributed by atoms with Gasteiger partial charge >= 0.3 is 0 Å². The number of rotatable bonds is 4. The van der Waals surface area contributed by atoms with E-state index in [1.807, 2.05) is 36.2 Å². The Balaban J connectivity index is 1.62. The molecule has 0 bridgehead atoms. The monoisotopic (exact) mass is 332 g/mol. The van der Waals surface area contributed by atoms with Gasteiger partial charge in [-0.3, -0.25) is 9.69 Å². The van der Waals surface area contributed by atoms with Gasteiger partial charge < -0.3 is 14.5 Å². The number of carbonyl (C=O) groups excluding carboxylic acids is 1. The minimum Gasteiger partial charge on any atom is -0.366 e. The first-order valence-corrected chi connectivity index (χ1v) is 8.89. The summed E-state index contributed by atoms with van der Waals surface area (Å²) in [5.74, 6) is 1.15. The molecule has 2 aliphatic heterocycles. The first-order chi connectivity index (χ1) is 11.6. The second kappa shape index (κ2) is 7.94. The van der Waals surface area contributed by atoms with E-state index in [4.69, 9.17) is 4.74 Å². The van der Waals surface area contributed by atoms with Gasteiger partial charge in [-0.25, -0.2) is 4.98 Å². The number of piperidine rings is 1. The molecule has 0 N–H and O–H groups in total. The van der Waals surface area contributed by atoms with Gasteiger partial charge in [0.25, 0.3) is 5.91 Å². The van der Waals surface area contributed by atoms with E-state index in [0.29, 0.717) is 13.2 Å². The molecule has 1 unspecified atom stereocenters. The van der Waals surface area contributed by atoms with Crippen LogP contribution in [0.2, 0.25) is 0 Å². The fourth-order valence-electron chi connectivity index (χ4n) is 3.51. The zero-order valence-corrected chi connectivity index (χ0v) is 14.8. The van der Waals surface area contributed by atoms with Crippen molar-refractivity contribution in [2.75, 3.05) is 51.8 Å². The van der Waals surface area contributed by atoms with Crippen molar-refractivity contribution in [3.8, 4) is 0 Å². The van der Waals surface area contributed by atoms with Gasteiger partial charge in [0.15, 0.2) is 0 Å². The van der Waals surface area contributed by atoms with Gasteiger partial charge in [0.2, 0.25) is 0 Å². The number of anilines is 1. The number of pyridine rings is 1. The van der Waals surface area contributed by atoms with Crippen molar-refractivity contribution in [1.82, 2.24) is 14.8 Å². The van der Waals surface area contributed by atoms with Crippen LogP contribution in [-0.4, -0.2) is 73.7 Å². The maximum absolute atomic E-state index is 12.7. The van der Waals surface area contributed by atoms with E-state index in [9.17, 15) is 4.79 Å². The van der Waals surface area contributed by atoms with Crippen molar-refractivity contribution >= 4 is 11.7 Å². The quantitative estimate of drug-likeness (QED) is 0.833. The molecule has 1 atom stereocenters. The van der Waals surface area contributed by atoms with Crippen molar-refractivity contribution < 1.29 is 9.53 Å². The molecule has 6 nitrogen and oxygen atoms in total. The number of ether oxygens (including phenoxy) is 1. The molecular weight excluding hydrogens is 304 g/mol. The fourth-order valence-corrected chi connectivity index (χ4v) is 3.51. The fraction of sp³-hybridized carbons (Fsp3) is 0.667. The third-order valence-electron chi connectivity index (χ3n) is 4.78. The minimum atomic E-state index is -0.323. The van der Waals surface area contributed by atoms with E-state index in [2.05, 4.69) is 16.0 Å². The second-order valence-corrected chi connectivity index (χ2v) is 6.86. The summed E-state index contributed by atoms with van der Waals surface area (Å²) in [6.45, 7) is 4.69. The summed E-state index contributed by atoms with van der Waals surface area (Å²) in [5, 5.41) is 0. The maximum Gasteiger partial charge on any atom is 0.253 e. The summed E-state index contributed by atoms with van der Waals surface area (Å²) in [6.07, 6.45) is 4.96. The van der Waals surface area contributed by atoms with Crippen molar-refractivity contribution in [2.45, 2.75) is 31.9 Å². The van der Waals surface area contributed by atoms with E-state index in [1.165, 1.54) is 12.0 Å². The number of aromatic nitrogens is 1. The molecule has 2 saturated heterocycles. The van der Waals surface area contributed by atoms with Crippen LogP contribution in [0.15, 0.2) is 18.3 Å². The van der Waals surface area contributed by atoms with Crippen LogP contribution in [0.5, 0.6) is 0 Å². The maximum atomic E-state index is 12.7. The van der Waals surface area contributed by atoms with Crippen LogP contribution in [0.25, 0.3) is 0 Å². The first kappa shape index (κ1) is 17.2. The van der Waals surface area contributed by atoms with E-state index in [1.54, 1.807) is 0 Å². The molecule has 1 amide bonds. The van der Waals surface area contributed by atoms with E-state index in [0.717, 1.165) is 44.8 Å². The molecule has 0 radical (unpaired) electrons. The van der Waals surface area contributed by atoms with Gasteiger partial charge in [0.05, 0.1) is 6.61 Å². The van der Waals surface area contributed by atoms with Crippen LogP contribution >= 0.6 is 0 Å². The van der Waals surface area contributed by atoms with Crippen LogP contribution in [0.3, 0.4) is 0 Å². The second-order valence-electron chi connectivity index (χ2n) is 6.86. The normalized spacial score (nSPS) is 22.4. The number of amides is 1. The standard InChI is InChI=1S/C18H28N4O2/c1-20(2)17-15(7-6-8-19-17)13-21-11-12-24-16(14-21)18(23)22-9-4-3-5-10-22/h6-8,16H,3-5,9-14H2,1-2H3. The first-order valence-electron chi connectivity index (χ1n) is 8.89. The number of nitrogens with zero attached hydrogens (tertiary/aromatic N) is 4. The van der Waals surface area contributed by atoms with Gasteiger partial charge in [0.1, 0.15) is 11.9 Å². The molecule has 0 spiro atoms. The zero-order chi connectivity index (χ0) is 16.9. The molecule has 2 fully saturated rings. The molecule has 0 aromatic carbocycles. The summed E-state index contributed by atoms with van der Waals surface area (Å²) < 4.78 is 5.78. The Hall–Kier alpha value is -1.66. The van der Waals surface area contributed by atoms with E-state index in [-0.39, 0.29) is 12.0 Å². The highest BCUT2D eigenvalue weighted by Gasteiger charge is 2.31. The van der Waals surface area contributed by atoms with Crippen molar-refractivity contribution in [2.24, 2.45) is 0 Å². The molecule has 1 aromatic heterocycles. The van der Waals surface area contributed by atoms with Crippen molar-refractivity contribution in [3.05, 3.63) is 23.9 Å². The van der Waals surface area contributed by atoms with Gasteiger partial charge in [-0.1, -0.05) is 6.07 Å². The molecule has 2 aliphatic rings. The molecule has 132 valence electrons. The summed E-state index contributed by atoms with van der Waals surface area (Å²) in [4.78, 5) is 23.5. The van der Waals surface area contributed by atoms with Crippen molar-refractivity contribution in [3.63, 3.8) is 0 Å². The largest absolute Gasteiger partial charge is 0.366 e. The Morgan fingerprint density at radius 3 is 2.83 bits per heavy atom. The number of hydrogen-bond acceptors (Lipinski definition) is 5. The lowest BCUT2D eigenvalue weighted by Gasteiger charge is -2.36. The lowest BCUT2D eigenvalue weighted by molar-refractivity contribution is -0.150. The smallest absolute Gasteiger partial charge is 0.253 e. The molecule has 0 saturated carbocycles. The van der Waals surface area contributed by atoms with E-state index >= 15 is 0 Å². The summed E-state index contributed by atoms with van der Waals surface area (Å²) in [6, 6.07) is 4.08. The summed E-state index contributed by atoms with van der Waals surface area (Å²) in [5.41, 5.74) is 1.19. The highest BCUT2D eigenvalue weighted by atomic mass is 16.5. The minimum absolute atomic E-state index is 0.165. The molecule has 6 heteroatoms. The number of likely N-dealkylation sites (tertiary alicyclic amines) is 1. The van der Waals surface area contributed by atoms with Crippen molar-refractivity contribution in [1.29, 1.82) is 0 Å². The highest BCUT2D eigenvalue weighted by molar-refractivity contribution is 5.81. The Morgan fingerprint density at radius 2 is 2.08 bits per heavy atom. The lowest BCUT2D eigenvalue weighted by atomic mass is 10.1. The topological polar surface area (TPSA) is 48.9 Å². The lowest BCUT2D eigenvalue weighted by Crippen LogP contribution is -2.51. The van der Waals surface area contributed by atoms with Gasteiger partial charge in [-0.2, -0.15) is 0 Å². The predicted octanol–water partition coefficient (Wildman–Crippen LogP) is 1.36. The molecular formula is C18H28N4O2.